The van der Waals surface area contributed by atoms with E-state index in [9.17, 15) is 0 Å². The number of halogens is 1. The number of hydrogen-bond donors (Lipinski definition) is 0. The molecule has 0 amide bonds. The number of aryl methyl sites for hydroxylation is 1. The number of unbranched alkanes of at least 4 members (excludes halogenated alkanes) is 5. The Morgan fingerprint density at radius 3 is 2.53 bits per heavy atom. The van der Waals surface area contributed by atoms with Gasteiger partial charge in [-0.15, -0.1) is 0 Å². The Bertz CT molecular complexity index is 311. The Labute approximate surface area is 109 Å². The zero-order chi connectivity index (χ0) is 12.5. The van der Waals surface area contributed by atoms with Gasteiger partial charge in [0, 0.05) is 11.8 Å². The molecular weight excluding hydrogens is 236 g/mol. The van der Waals surface area contributed by atoms with Crippen molar-refractivity contribution >= 4 is 11.6 Å². The third-order valence-electron chi connectivity index (χ3n) is 2.55. The minimum atomic E-state index is 0.253. The normalized spacial score (nSPS) is 10.5. The molecule has 0 aromatic carbocycles. The van der Waals surface area contributed by atoms with Gasteiger partial charge in [0.1, 0.15) is 0 Å². The van der Waals surface area contributed by atoms with Crippen LogP contribution in [0.5, 0.6) is 5.88 Å². The zero-order valence-electron chi connectivity index (χ0n) is 10.7. The number of aromatic nitrogens is 2. The maximum atomic E-state index is 5.75. The van der Waals surface area contributed by atoms with Crippen LogP contribution in [0.25, 0.3) is 0 Å². The average Bonchev–Trinajstić information content (AvgIpc) is 2.26. The van der Waals surface area contributed by atoms with Crippen LogP contribution >= 0.6 is 11.6 Å². The van der Waals surface area contributed by atoms with E-state index in [1.165, 1.54) is 32.1 Å². The fourth-order valence-electron chi connectivity index (χ4n) is 1.64. The molecule has 3 nitrogen and oxygen atoms in total. The summed E-state index contributed by atoms with van der Waals surface area (Å²) in [6.07, 6.45) is 7.54. The summed E-state index contributed by atoms with van der Waals surface area (Å²) in [6, 6.07) is 1.81. The van der Waals surface area contributed by atoms with Gasteiger partial charge in [-0.2, -0.15) is 4.98 Å². The molecule has 0 aliphatic rings. The lowest BCUT2D eigenvalue weighted by molar-refractivity contribution is 0.292. The molecule has 0 bridgehead atoms. The van der Waals surface area contributed by atoms with E-state index in [1.807, 2.05) is 13.0 Å². The van der Waals surface area contributed by atoms with Crippen LogP contribution in [0.3, 0.4) is 0 Å². The third kappa shape index (κ3) is 6.47. The highest BCUT2D eigenvalue weighted by Gasteiger charge is 2.00. The molecule has 0 saturated heterocycles. The monoisotopic (exact) mass is 256 g/mol. The van der Waals surface area contributed by atoms with Crippen LogP contribution in [-0.4, -0.2) is 16.6 Å². The first kappa shape index (κ1) is 14.2. The lowest BCUT2D eigenvalue weighted by Crippen LogP contribution is -2.00. The Balaban J connectivity index is 2.13. The minimum absolute atomic E-state index is 0.253. The second-order valence-corrected chi connectivity index (χ2v) is 4.57. The number of hydrogen-bond acceptors (Lipinski definition) is 3. The van der Waals surface area contributed by atoms with E-state index in [-0.39, 0.29) is 5.28 Å². The topological polar surface area (TPSA) is 35.0 Å². The van der Waals surface area contributed by atoms with Crippen molar-refractivity contribution in [2.75, 3.05) is 6.61 Å². The van der Waals surface area contributed by atoms with Crippen molar-refractivity contribution in [1.82, 2.24) is 9.97 Å². The first-order valence-electron chi connectivity index (χ1n) is 6.36. The van der Waals surface area contributed by atoms with E-state index in [1.54, 1.807) is 0 Å². The van der Waals surface area contributed by atoms with Crippen LogP contribution in [0.1, 0.15) is 51.1 Å². The Kier molecular flexibility index (Phi) is 6.94. The predicted molar refractivity (Wildman–Crippen MR) is 70.7 cm³/mol. The molecule has 0 spiro atoms. The summed E-state index contributed by atoms with van der Waals surface area (Å²) in [5.41, 5.74) is 0.836. The summed E-state index contributed by atoms with van der Waals surface area (Å²) >= 11 is 5.75. The first-order valence-corrected chi connectivity index (χ1v) is 6.74. The number of ether oxygens (including phenoxy) is 1. The molecule has 0 aliphatic carbocycles. The van der Waals surface area contributed by atoms with Crippen molar-refractivity contribution in [1.29, 1.82) is 0 Å². The summed E-state index contributed by atoms with van der Waals surface area (Å²) in [7, 11) is 0. The van der Waals surface area contributed by atoms with Crippen LogP contribution in [0, 0.1) is 6.92 Å². The lowest BCUT2D eigenvalue weighted by atomic mass is 10.1. The third-order valence-corrected chi connectivity index (χ3v) is 2.72. The minimum Gasteiger partial charge on any atom is -0.478 e. The standard InChI is InChI=1S/C13H21ClN2O/c1-3-4-5-6-7-8-9-17-12-10-11(2)15-13(14)16-12/h10H,3-9H2,1-2H3. The largest absolute Gasteiger partial charge is 0.478 e. The highest BCUT2D eigenvalue weighted by Crippen LogP contribution is 2.13. The Morgan fingerprint density at radius 1 is 1.12 bits per heavy atom. The van der Waals surface area contributed by atoms with Gasteiger partial charge in [0.05, 0.1) is 6.61 Å². The molecule has 0 saturated carbocycles. The van der Waals surface area contributed by atoms with E-state index < -0.39 is 0 Å². The van der Waals surface area contributed by atoms with Crippen LogP contribution in [-0.2, 0) is 0 Å². The highest BCUT2D eigenvalue weighted by molar-refractivity contribution is 6.28. The van der Waals surface area contributed by atoms with Crippen molar-refractivity contribution in [2.45, 2.75) is 52.4 Å². The SMILES string of the molecule is CCCCCCCCOc1cc(C)nc(Cl)n1. The van der Waals surface area contributed by atoms with Crippen molar-refractivity contribution in [3.05, 3.63) is 17.0 Å². The molecule has 96 valence electrons. The summed E-state index contributed by atoms with van der Waals surface area (Å²) < 4.78 is 5.54. The van der Waals surface area contributed by atoms with E-state index in [0.29, 0.717) is 12.5 Å². The molecule has 0 N–H and O–H groups in total. The predicted octanol–water partition coefficient (Wildman–Crippen LogP) is 4.18. The van der Waals surface area contributed by atoms with Gasteiger partial charge in [-0.3, -0.25) is 0 Å². The van der Waals surface area contributed by atoms with E-state index in [0.717, 1.165) is 12.1 Å². The van der Waals surface area contributed by atoms with Crippen LogP contribution < -0.4 is 4.74 Å². The first-order chi connectivity index (χ1) is 8.22. The van der Waals surface area contributed by atoms with Crippen LogP contribution in [0.2, 0.25) is 5.28 Å². The second-order valence-electron chi connectivity index (χ2n) is 4.23. The van der Waals surface area contributed by atoms with Gasteiger partial charge in [-0.1, -0.05) is 39.0 Å². The highest BCUT2D eigenvalue weighted by atomic mass is 35.5. The van der Waals surface area contributed by atoms with Crippen LogP contribution in [0.4, 0.5) is 0 Å². The molecule has 0 unspecified atom stereocenters. The van der Waals surface area contributed by atoms with Gasteiger partial charge in [0.15, 0.2) is 0 Å². The van der Waals surface area contributed by atoms with Gasteiger partial charge >= 0.3 is 0 Å². The molecule has 4 heteroatoms. The number of nitrogens with zero attached hydrogens (tertiary/aromatic N) is 2. The molecule has 0 atom stereocenters. The van der Waals surface area contributed by atoms with Gasteiger partial charge in [0.25, 0.3) is 0 Å². The van der Waals surface area contributed by atoms with Crippen molar-refractivity contribution < 1.29 is 4.74 Å². The molecule has 0 radical (unpaired) electrons. The summed E-state index contributed by atoms with van der Waals surface area (Å²) in [5, 5.41) is 0.253. The van der Waals surface area contributed by atoms with Gasteiger partial charge in [-0.05, 0) is 24.9 Å². The van der Waals surface area contributed by atoms with Crippen molar-refractivity contribution in [3.63, 3.8) is 0 Å². The molecular formula is C13H21ClN2O. The molecule has 1 aromatic rings. The maximum absolute atomic E-state index is 5.75. The van der Waals surface area contributed by atoms with E-state index in [4.69, 9.17) is 16.3 Å². The lowest BCUT2D eigenvalue weighted by Gasteiger charge is -2.05. The van der Waals surface area contributed by atoms with Gasteiger partial charge < -0.3 is 4.74 Å². The summed E-state index contributed by atoms with van der Waals surface area (Å²) in [4.78, 5) is 8.00. The number of rotatable bonds is 8. The fraction of sp³-hybridized carbons (Fsp3) is 0.692. The zero-order valence-corrected chi connectivity index (χ0v) is 11.5. The van der Waals surface area contributed by atoms with E-state index in [2.05, 4.69) is 16.9 Å². The summed E-state index contributed by atoms with van der Waals surface area (Å²) in [6.45, 7) is 4.81. The van der Waals surface area contributed by atoms with Crippen molar-refractivity contribution in [3.8, 4) is 5.88 Å². The van der Waals surface area contributed by atoms with E-state index >= 15 is 0 Å². The average molecular weight is 257 g/mol. The van der Waals surface area contributed by atoms with Crippen molar-refractivity contribution in [2.24, 2.45) is 0 Å². The molecule has 0 aliphatic heterocycles. The van der Waals surface area contributed by atoms with Gasteiger partial charge in [-0.25, -0.2) is 4.98 Å². The molecule has 1 rings (SSSR count). The summed E-state index contributed by atoms with van der Waals surface area (Å²) in [5.74, 6) is 0.580. The Morgan fingerprint density at radius 2 is 1.82 bits per heavy atom. The second kappa shape index (κ2) is 8.29. The van der Waals surface area contributed by atoms with Crippen LogP contribution in [0.15, 0.2) is 6.07 Å². The fourth-order valence-corrected chi connectivity index (χ4v) is 1.85. The maximum Gasteiger partial charge on any atom is 0.225 e. The molecule has 1 aromatic heterocycles. The molecule has 1 heterocycles. The Hall–Kier alpha value is -0.830. The quantitative estimate of drug-likeness (QED) is 0.517. The smallest absolute Gasteiger partial charge is 0.225 e. The molecule has 0 fully saturated rings. The van der Waals surface area contributed by atoms with Gasteiger partial charge in [0.2, 0.25) is 11.2 Å². The molecule has 17 heavy (non-hydrogen) atoms.